The first kappa shape index (κ1) is 10.5. The summed E-state index contributed by atoms with van der Waals surface area (Å²) < 4.78 is 1.57. The van der Waals surface area contributed by atoms with Crippen molar-refractivity contribution in [1.29, 1.82) is 10.8 Å². The molecule has 1 heterocycles. The quantitative estimate of drug-likeness (QED) is 0.500. The molecule has 3 atom stereocenters. The van der Waals surface area contributed by atoms with Crippen molar-refractivity contribution in [1.82, 2.24) is 9.55 Å². The second-order valence-corrected chi connectivity index (χ2v) is 5.18. The molecule has 17 heavy (non-hydrogen) atoms. The zero-order chi connectivity index (χ0) is 12.0. The zero-order valence-electron chi connectivity index (χ0n) is 9.69. The van der Waals surface area contributed by atoms with Crippen LogP contribution in [0.4, 0.5) is 5.82 Å². The monoisotopic (exact) mass is 231 g/mol. The van der Waals surface area contributed by atoms with E-state index in [1.807, 2.05) is 0 Å². The summed E-state index contributed by atoms with van der Waals surface area (Å²) in [6, 6.07) is 0. The molecule has 5 heteroatoms. The molecule has 2 saturated carbocycles. The van der Waals surface area contributed by atoms with E-state index in [0.717, 1.165) is 24.7 Å². The molecular formula is C12H17N5. The van der Waals surface area contributed by atoms with Crippen LogP contribution in [-0.4, -0.2) is 15.4 Å². The normalized spacial score (nSPS) is 30.7. The lowest BCUT2D eigenvalue weighted by Crippen LogP contribution is -2.34. The fourth-order valence-corrected chi connectivity index (χ4v) is 2.94. The van der Waals surface area contributed by atoms with Gasteiger partial charge in [-0.15, -0.1) is 0 Å². The van der Waals surface area contributed by atoms with Crippen molar-refractivity contribution in [3.8, 4) is 0 Å². The minimum absolute atomic E-state index is 0.135. The lowest BCUT2D eigenvalue weighted by molar-refractivity contribution is 0.411. The molecular weight excluding hydrogens is 214 g/mol. The molecule has 0 spiro atoms. The summed E-state index contributed by atoms with van der Waals surface area (Å²) in [5, 5.41) is 16.1. The van der Waals surface area contributed by atoms with E-state index in [-0.39, 0.29) is 17.2 Å². The first-order valence-corrected chi connectivity index (χ1v) is 6.13. The highest BCUT2D eigenvalue weighted by atomic mass is 15.1. The van der Waals surface area contributed by atoms with Crippen LogP contribution in [0.5, 0.6) is 0 Å². The van der Waals surface area contributed by atoms with Crippen LogP contribution >= 0.6 is 0 Å². The van der Waals surface area contributed by atoms with Crippen LogP contribution in [0.3, 0.4) is 0 Å². The molecule has 0 saturated heterocycles. The summed E-state index contributed by atoms with van der Waals surface area (Å²) in [5.74, 6) is 2.76. The Morgan fingerprint density at radius 2 is 2.18 bits per heavy atom. The molecule has 4 N–H and O–H groups in total. The minimum Gasteiger partial charge on any atom is -0.381 e. The topological polar surface area (TPSA) is 91.5 Å². The van der Waals surface area contributed by atoms with Crippen molar-refractivity contribution in [3.63, 3.8) is 0 Å². The molecule has 5 nitrogen and oxygen atoms in total. The maximum atomic E-state index is 8.23. The highest BCUT2D eigenvalue weighted by molar-refractivity contribution is 5.84. The number of hydrogen-bond donors (Lipinski definition) is 3. The Hall–Kier alpha value is -1.65. The number of aromatic nitrogens is 2. The number of nitrogens with one attached hydrogen (secondary N) is 2. The Balaban J connectivity index is 1.85. The highest BCUT2D eigenvalue weighted by Gasteiger charge is 2.43. The van der Waals surface area contributed by atoms with Gasteiger partial charge in [-0.25, -0.2) is 4.98 Å². The Bertz CT molecular complexity index is 518. The summed E-state index contributed by atoms with van der Waals surface area (Å²) in [4.78, 5) is 3.86. The number of nitrogens with two attached hydrogens (primary N) is 1. The van der Waals surface area contributed by atoms with Gasteiger partial charge in [-0.05, 0) is 37.5 Å². The van der Waals surface area contributed by atoms with E-state index >= 15 is 0 Å². The Morgan fingerprint density at radius 1 is 1.35 bits per heavy atom. The molecule has 1 aromatic rings. The van der Waals surface area contributed by atoms with Gasteiger partial charge < -0.3 is 5.73 Å². The van der Waals surface area contributed by atoms with Gasteiger partial charge in [-0.3, -0.25) is 15.4 Å². The average molecular weight is 231 g/mol. The second-order valence-electron chi connectivity index (χ2n) is 5.18. The molecule has 1 aromatic heterocycles. The van der Waals surface area contributed by atoms with E-state index in [1.165, 1.54) is 12.8 Å². The van der Waals surface area contributed by atoms with Crippen LogP contribution in [0, 0.1) is 28.6 Å². The zero-order valence-corrected chi connectivity index (χ0v) is 9.69. The Labute approximate surface area is 99.7 Å². The fraction of sp³-hybridized carbons (Fsp3) is 0.583. The predicted octanol–water partition coefficient (Wildman–Crippen LogP) is 1.21. The van der Waals surface area contributed by atoms with Crippen LogP contribution in [0.2, 0.25) is 0 Å². The highest BCUT2D eigenvalue weighted by Crippen LogP contribution is 2.51. The standard InChI is InChI=1S/C12H17N5/c13-10-12(15)17(4-3-16-10)11(14)8-2-1-7-5-9(7)6-8/h3-4,7-9,14-15H,1-2,5-6H2,(H2,13,16). The lowest BCUT2D eigenvalue weighted by Gasteiger charge is -2.23. The molecule has 0 amide bonds. The predicted molar refractivity (Wildman–Crippen MR) is 64.6 cm³/mol. The first-order valence-electron chi connectivity index (χ1n) is 6.13. The van der Waals surface area contributed by atoms with Gasteiger partial charge in [-0.2, -0.15) is 0 Å². The third-order valence-electron chi connectivity index (χ3n) is 4.10. The molecule has 0 bridgehead atoms. The Morgan fingerprint density at radius 3 is 2.94 bits per heavy atom. The third kappa shape index (κ3) is 1.75. The molecule has 3 rings (SSSR count). The number of fused-ring (bicyclic) bond motifs is 1. The lowest BCUT2D eigenvalue weighted by atomic mass is 9.88. The molecule has 0 aliphatic heterocycles. The average Bonchev–Trinajstić information content (AvgIpc) is 3.10. The van der Waals surface area contributed by atoms with E-state index in [0.29, 0.717) is 5.84 Å². The van der Waals surface area contributed by atoms with Gasteiger partial charge in [0.25, 0.3) is 0 Å². The first-order chi connectivity index (χ1) is 8.16. The minimum atomic E-state index is 0.135. The van der Waals surface area contributed by atoms with Gasteiger partial charge in [0.1, 0.15) is 5.84 Å². The SMILES string of the molecule is N=C(C1CCC2CC2C1)n1ccnc(N)c1=N. The van der Waals surface area contributed by atoms with E-state index in [9.17, 15) is 0 Å². The molecule has 90 valence electrons. The summed E-state index contributed by atoms with van der Waals surface area (Å²) >= 11 is 0. The second kappa shape index (κ2) is 3.68. The summed E-state index contributed by atoms with van der Waals surface area (Å²) in [6.45, 7) is 0. The third-order valence-corrected chi connectivity index (χ3v) is 4.10. The van der Waals surface area contributed by atoms with Gasteiger partial charge in [0.05, 0.1) is 0 Å². The van der Waals surface area contributed by atoms with E-state index in [1.54, 1.807) is 17.0 Å². The molecule has 0 aromatic carbocycles. The van der Waals surface area contributed by atoms with Gasteiger partial charge in [0.2, 0.25) is 0 Å². The number of nitrogens with zero attached hydrogens (tertiary/aromatic N) is 2. The van der Waals surface area contributed by atoms with Crippen LogP contribution in [0.15, 0.2) is 12.4 Å². The van der Waals surface area contributed by atoms with Crippen molar-refractivity contribution < 1.29 is 0 Å². The van der Waals surface area contributed by atoms with Gasteiger partial charge in [0.15, 0.2) is 11.3 Å². The van der Waals surface area contributed by atoms with Crippen molar-refractivity contribution in [3.05, 3.63) is 17.9 Å². The molecule has 3 unspecified atom stereocenters. The summed E-state index contributed by atoms with van der Waals surface area (Å²) in [5.41, 5.74) is 5.74. The summed E-state index contributed by atoms with van der Waals surface area (Å²) in [6.07, 6.45) is 8.00. The summed E-state index contributed by atoms with van der Waals surface area (Å²) in [7, 11) is 0. The van der Waals surface area contributed by atoms with E-state index < -0.39 is 0 Å². The van der Waals surface area contributed by atoms with E-state index in [2.05, 4.69) is 4.98 Å². The molecule has 0 radical (unpaired) electrons. The van der Waals surface area contributed by atoms with Crippen LogP contribution in [0.1, 0.15) is 25.7 Å². The number of anilines is 1. The van der Waals surface area contributed by atoms with Gasteiger partial charge >= 0.3 is 0 Å². The Kier molecular flexibility index (Phi) is 2.28. The smallest absolute Gasteiger partial charge is 0.173 e. The van der Waals surface area contributed by atoms with Crippen LogP contribution in [0.25, 0.3) is 0 Å². The number of nitrogen functional groups attached to an aromatic ring is 1. The van der Waals surface area contributed by atoms with Crippen molar-refractivity contribution >= 4 is 11.7 Å². The fourth-order valence-electron chi connectivity index (χ4n) is 2.94. The molecule has 2 fully saturated rings. The number of hydrogen-bond acceptors (Lipinski definition) is 4. The number of rotatable bonds is 1. The van der Waals surface area contributed by atoms with Gasteiger partial charge in [0, 0.05) is 18.3 Å². The van der Waals surface area contributed by atoms with Crippen molar-refractivity contribution in [2.45, 2.75) is 25.7 Å². The maximum absolute atomic E-state index is 8.23. The largest absolute Gasteiger partial charge is 0.381 e. The molecule has 2 aliphatic carbocycles. The van der Waals surface area contributed by atoms with Crippen LogP contribution < -0.4 is 11.2 Å². The van der Waals surface area contributed by atoms with Crippen LogP contribution in [-0.2, 0) is 0 Å². The van der Waals surface area contributed by atoms with Crippen molar-refractivity contribution in [2.24, 2.45) is 17.8 Å². The van der Waals surface area contributed by atoms with Gasteiger partial charge in [-0.1, -0.05) is 0 Å². The van der Waals surface area contributed by atoms with Crippen molar-refractivity contribution in [2.75, 3.05) is 5.73 Å². The van der Waals surface area contributed by atoms with E-state index in [4.69, 9.17) is 16.6 Å². The molecule has 2 aliphatic rings. The maximum Gasteiger partial charge on any atom is 0.173 e.